The SMILES string of the molecule is COCC(O)CN(C)S(=O)(=O)c1ccc2c(c1)CCN2. The number of aliphatic hydroxyl groups excluding tert-OH is 1. The summed E-state index contributed by atoms with van der Waals surface area (Å²) in [4.78, 5) is 0.257. The molecule has 0 amide bonds. The lowest BCUT2D eigenvalue weighted by Gasteiger charge is -2.20. The number of anilines is 1. The van der Waals surface area contributed by atoms with Crippen molar-refractivity contribution >= 4 is 15.7 Å². The van der Waals surface area contributed by atoms with E-state index in [1.807, 2.05) is 0 Å². The van der Waals surface area contributed by atoms with Gasteiger partial charge in [-0.25, -0.2) is 8.42 Å². The average Bonchev–Trinajstić information content (AvgIpc) is 2.85. The highest BCUT2D eigenvalue weighted by Gasteiger charge is 2.24. The summed E-state index contributed by atoms with van der Waals surface area (Å²) in [5, 5.41) is 12.8. The Hall–Kier alpha value is -1.15. The number of ether oxygens (including phenoxy) is 1. The van der Waals surface area contributed by atoms with E-state index in [1.54, 1.807) is 18.2 Å². The molecule has 2 rings (SSSR count). The highest BCUT2D eigenvalue weighted by molar-refractivity contribution is 7.89. The summed E-state index contributed by atoms with van der Waals surface area (Å²) in [5.41, 5.74) is 2.00. The van der Waals surface area contributed by atoms with Crippen LogP contribution in [0, 0.1) is 0 Å². The van der Waals surface area contributed by atoms with Crippen LogP contribution in [0.4, 0.5) is 5.69 Å². The number of methoxy groups -OCH3 is 1. The first-order valence-corrected chi connectivity index (χ1v) is 7.89. The van der Waals surface area contributed by atoms with Crippen LogP contribution in [0.15, 0.2) is 23.1 Å². The molecule has 6 nitrogen and oxygen atoms in total. The molecule has 2 N–H and O–H groups in total. The number of sulfonamides is 1. The summed E-state index contributed by atoms with van der Waals surface area (Å²) in [6.45, 7) is 0.945. The van der Waals surface area contributed by atoms with Crippen molar-refractivity contribution in [2.24, 2.45) is 0 Å². The molecule has 112 valence electrons. The van der Waals surface area contributed by atoms with Gasteiger partial charge in [0.25, 0.3) is 0 Å². The van der Waals surface area contributed by atoms with Crippen LogP contribution in [0.2, 0.25) is 0 Å². The molecule has 20 heavy (non-hydrogen) atoms. The van der Waals surface area contributed by atoms with Crippen LogP contribution in [-0.4, -0.2) is 57.8 Å². The minimum absolute atomic E-state index is 0.00546. The molecule has 1 aliphatic heterocycles. The predicted octanol–water partition coefficient (Wildman–Crippen LogP) is 0.282. The molecular formula is C13H20N2O4S. The van der Waals surface area contributed by atoms with Gasteiger partial charge in [-0.1, -0.05) is 0 Å². The number of aliphatic hydroxyl groups is 1. The fraction of sp³-hybridized carbons (Fsp3) is 0.538. The monoisotopic (exact) mass is 300 g/mol. The highest BCUT2D eigenvalue weighted by atomic mass is 32.2. The molecule has 0 aliphatic carbocycles. The van der Waals surface area contributed by atoms with Crippen LogP contribution in [-0.2, 0) is 21.2 Å². The van der Waals surface area contributed by atoms with Gasteiger partial charge in [-0.15, -0.1) is 0 Å². The second-order valence-electron chi connectivity index (χ2n) is 4.89. The van der Waals surface area contributed by atoms with E-state index in [0.29, 0.717) is 0 Å². The van der Waals surface area contributed by atoms with E-state index in [4.69, 9.17) is 4.74 Å². The van der Waals surface area contributed by atoms with Gasteiger partial charge in [-0.05, 0) is 30.2 Å². The van der Waals surface area contributed by atoms with Crippen molar-refractivity contribution in [3.63, 3.8) is 0 Å². The number of hydrogen-bond acceptors (Lipinski definition) is 5. The van der Waals surface area contributed by atoms with Crippen molar-refractivity contribution in [2.75, 3.05) is 39.2 Å². The zero-order chi connectivity index (χ0) is 14.8. The second kappa shape index (κ2) is 6.09. The summed E-state index contributed by atoms with van der Waals surface area (Å²) in [5.74, 6) is 0. The maximum atomic E-state index is 12.4. The second-order valence-corrected chi connectivity index (χ2v) is 6.94. The van der Waals surface area contributed by atoms with Gasteiger partial charge >= 0.3 is 0 Å². The Morgan fingerprint density at radius 3 is 2.95 bits per heavy atom. The summed E-state index contributed by atoms with van der Waals surface area (Å²) < 4.78 is 30.8. The smallest absolute Gasteiger partial charge is 0.242 e. The van der Waals surface area contributed by atoms with Crippen molar-refractivity contribution in [3.8, 4) is 0 Å². The zero-order valence-electron chi connectivity index (χ0n) is 11.7. The van der Waals surface area contributed by atoms with Gasteiger partial charge in [0.15, 0.2) is 0 Å². The Morgan fingerprint density at radius 2 is 2.25 bits per heavy atom. The van der Waals surface area contributed by atoms with E-state index in [-0.39, 0.29) is 18.0 Å². The van der Waals surface area contributed by atoms with Gasteiger partial charge in [-0.2, -0.15) is 4.31 Å². The third-order valence-corrected chi connectivity index (χ3v) is 5.14. The van der Waals surface area contributed by atoms with Crippen LogP contribution in [0.5, 0.6) is 0 Å². The highest BCUT2D eigenvalue weighted by Crippen LogP contribution is 2.26. The number of rotatable bonds is 6. The van der Waals surface area contributed by atoms with E-state index in [1.165, 1.54) is 14.2 Å². The van der Waals surface area contributed by atoms with E-state index < -0.39 is 16.1 Å². The molecule has 0 radical (unpaired) electrons. The first-order chi connectivity index (χ1) is 9.45. The molecule has 1 aromatic rings. The Kier molecular flexibility index (Phi) is 4.64. The summed E-state index contributed by atoms with van der Waals surface area (Å²) in [7, 11) is -0.662. The lowest BCUT2D eigenvalue weighted by atomic mass is 10.2. The molecule has 1 unspecified atom stereocenters. The van der Waals surface area contributed by atoms with Crippen molar-refractivity contribution in [1.82, 2.24) is 4.31 Å². The zero-order valence-corrected chi connectivity index (χ0v) is 12.5. The first-order valence-electron chi connectivity index (χ1n) is 6.45. The van der Waals surface area contributed by atoms with Crippen LogP contribution in [0.25, 0.3) is 0 Å². The van der Waals surface area contributed by atoms with E-state index in [9.17, 15) is 13.5 Å². The summed E-state index contributed by atoms with van der Waals surface area (Å²) in [6.07, 6.45) is -0.00908. The number of likely N-dealkylation sites (N-methyl/N-ethyl adjacent to an activating group) is 1. The van der Waals surface area contributed by atoms with Crippen LogP contribution in [0.3, 0.4) is 0 Å². The third-order valence-electron chi connectivity index (χ3n) is 3.32. The molecule has 1 aliphatic rings. The van der Waals surface area contributed by atoms with Crippen LogP contribution >= 0.6 is 0 Å². The van der Waals surface area contributed by atoms with E-state index in [2.05, 4.69) is 5.32 Å². The van der Waals surface area contributed by atoms with Crippen molar-refractivity contribution in [3.05, 3.63) is 23.8 Å². The first kappa shape index (κ1) is 15.2. The molecule has 0 saturated heterocycles. The van der Waals surface area contributed by atoms with Gasteiger partial charge in [-0.3, -0.25) is 0 Å². The number of benzene rings is 1. The summed E-state index contributed by atoms with van der Waals surface area (Å²) >= 11 is 0. The maximum Gasteiger partial charge on any atom is 0.242 e. The third kappa shape index (κ3) is 3.12. The molecule has 7 heteroatoms. The maximum absolute atomic E-state index is 12.4. The van der Waals surface area contributed by atoms with Crippen molar-refractivity contribution in [2.45, 2.75) is 17.4 Å². The van der Waals surface area contributed by atoms with Crippen molar-refractivity contribution in [1.29, 1.82) is 0 Å². The number of nitrogens with zero attached hydrogens (tertiary/aromatic N) is 1. The van der Waals surface area contributed by atoms with Gasteiger partial charge in [0.2, 0.25) is 10.0 Å². The van der Waals surface area contributed by atoms with E-state index >= 15 is 0 Å². The van der Waals surface area contributed by atoms with Gasteiger partial charge in [0.05, 0.1) is 17.6 Å². The van der Waals surface area contributed by atoms with Gasteiger partial charge < -0.3 is 15.2 Å². The molecule has 0 spiro atoms. The molecule has 0 bridgehead atoms. The fourth-order valence-electron chi connectivity index (χ4n) is 2.26. The number of hydrogen-bond donors (Lipinski definition) is 2. The number of fused-ring (bicyclic) bond motifs is 1. The molecular weight excluding hydrogens is 280 g/mol. The lowest BCUT2D eigenvalue weighted by molar-refractivity contribution is 0.0554. The summed E-state index contributed by atoms with van der Waals surface area (Å²) in [6, 6.07) is 5.07. The number of nitrogens with one attached hydrogen (secondary N) is 1. The van der Waals surface area contributed by atoms with Gasteiger partial charge in [0.1, 0.15) is 0 Å². The van der Waals surface area contributed by atoms with Gasteiger partial charge in [0, 0.05) is 32.9 Å². The van der Waals surface area contributed by atoms with Crippen molar-refractivity contribution < 1.29 is 18.3 Å². The Bertz CT molecular complexity index is 574. The lowest BCUT2D eigenvalue weighted by Crippen LogP contribution is -2.36. The largest absolute Gasteiger partial charge is 0.389 e. The quantitative estimate of drug-likeness (QED) is 0.789. The molecule has 1 aromatic carbocycles. The fourth-order valence-corrected chi connectivity index (χ4v) is 3.52. The predicted molar refractivity (Wildman–Crippen MR) is 76.3 cm³/mol. The topological polar surface area (TPSA) is 78.9 Å². The Balaban J connectivity index is 2.17. The minimum Gasteiger partial charge on any atom is -0.389 e. The van der Waals surface area contributed by atoms with Crippen LogP contribution in [0.1, 0.15) is 5.56 Å². The molecule has 0 fully saturated rings. The standard InChI is InChI=1S/C13H20N2O4S/c1-15(8-11(16)9-19-2)20(17,18)12-3-4-13-10(7-12)5-6-14-13/h3-4,7,11,14,16H,5-6,8-9H2,1-2H3. The molecule has 1 heterocycles. The Morgan fingerprint density at radius 1 is 1.50 bits per heavy atom. The molecule has 1 atom stereocenters. The molecule has 0 saturated carbocycles. The van der Waals surface area contributed by atoms with Crippen LogP contribution < -0.4 is 5.32 Å². The Labute approximate surface area is 119 Å². The minimum atomic E-state index is -3.58. The normalized spacial score (nSPS) is 16.0. The molecule has 0 aromatic heterocycles. The average molecular weight is 300 g/mol. The van der Waals surface area contributed by atoms with E-state index in [0.717, 1.165) is 28.5 Å².